The molecule has 0 aliphatic carbocycles. The van der Waals surface area contributed by atoms with Gasteiger partial charge in [-0.25, -0.2) is 9.97 Å². The van der Waals surface area contributed by atoms with E-state index < -0.39 is 0 Å². The highest BCUT2D eigenvalue weighted by Crippen LogP contribution is 2.19. The summed E-state index contributed by atoms with van der Waals surface area (Å²) < 4.78 is 5.35. The molecule has 1 saturated heterocycles. The van der Waals surface area contributed by atoms with Gasteiger partial charge in [0.25, 0.3) is 5.91 Å². The van der Waals surface area contributed by atoms with E-state index in [0.29, 0.717) is 24.5 Å². The van der Waals surface area contributed by atoms with E-state index in [0.717, 1.165) is 30.2 Å². The lowest BCUT2D eigenvalue weighted by atomic mass is 10.1. The summed E-state index contributed by atoms with van der Waals surface area (Å²) in [6.07, 6.45) is 4.31. The van der Waals surface area contributed by atoms with Gasteiger partial charge in [-0.1, -0.05) is 18.2 Å². The first-order valence-electron chi connectivity index (χ1n) is 9.18. The molecule has 0 radical (unpaired) electrons. The molecule has 0 saturated carbocycles. The van der Waals surface area contributed by atoms with Crippen LogP contribution in [-0.2, 0) is 6.42 Å². The number of nitrogens with one attached hydrogen (secondary N) is 1. The largest absolute Gasteiger partial charge is 0.496 e. The number of anilines is 1. The Morgan fingerprint density at radius 2 is 1.96 bits per heavy atom. The first-order chi connectivity index (χ1) is 12.7. The molecular weight excluding hydrogens is 328 g/mol. The van der Waals surface area contributed by atoms with E-state index in [-0.39, 0.29) is 5.91 Å². The molecule has 1 aliphatic rings. The maximum atomic E-state index is 12.5. The number of piperidine rings is 1. The number of methoxy groups -OCH3 is 1. The highest BCUT2D eigenvalue weighted by molar-refractivity contribution is 5.93. The zero-order valence-corrected chi connectivity index (χ0v) is 15.5. The van der Waals surface area contributed by atoms with E-state index in [9.17, 15) is 4.79 Å². The van der Waals surface area contributed by atoms with Crippen LogP contribution >= 0.6 is 0 Å². The van der Waals surface area contributed by atoms with Crippen molar-refractivity contribution in [1.29, 1.82) is 0 Å². The number of hydrogen-bond acceptors (Lipinski definition) is 5. The molecule has 1 aromatic carbocycles. The third-order valence-electron chi connectivity index (χ3n) is 4.61. The normalized spacial score (nSPS) is 14.2. The molecule has 1 N–H and O–H groups in total. The highest BCUT2D eigenvalue weighted by Gasteiger charge is 2.16. The van der Waals surface area contributed by atoms with E-state index in [1.54, 1.807) is 13.2 Å². The molecule has 0 unspecified atom stereocenters. The SMILES string of the molecule is COc1ccccc1CCNC(=O)c1cc(N2CCCCC2)nc(C)n1. The molecule has 2 heterocycles. The zero-order chi connectivity index (χ0) is 18.4. The number of amides is 1. The van der Waals surface area contributed by atoms with Crippen molar-refractivity contribution in [3.63, 3.8) is 0 Å². The van der Waals surface area contributed by atoms with Gasteiger partial charge in [-0.2, -0.15) is 0 Å². The van der Waals surface area contributed by atoms with Crippen molar-refractivity contribution in [3.05, 3.63) is 47.4 Å². The molecular formula is C20H26N4O2. The van der Waals surface area contributed by atoms with Crippen LogP contribution in [0, 0.1) is 6.92 Å². The fourth-order valence-electron chi connectivity index (χ4n) is 3.26. The van der Waals surface area contributed by atoms with Gasteiger partial charge in [0.1, 0.15) is 23.1 Å². The van der Waals surface area contributed by atoms with E-state index in [1.165, 1.54) is 19.3 Å². The Kier molecular flexibility index (Phi) is 6.04. The lowest BCUT2D eigenvalue weighted by Crippen LogP contribution is -2.32. The van der Waals surface area contributed by atoms with Gasteiger partial charge in [-0.15, -0.1) is 0 Å². The minimum Gasteiger partial charge on any atom is -0.496 e. The summed E-state index contributed by atoms with van der Waals surface area (Å²) in [5.74, 6) is 2.16. The van der Waals surface area contributed by atoms with Crippen LogP contribution in [-0.4, -0.2) is 42.6 Å². The topological polar surface area (TPSA) is 67.3 Å². The molecule has 1 amide bonds. The van der Waals surface area contributed by atoms with Gasteiger partial charge in [-0.3, -0.25) is 4.79 Å². The molecule has 3 rings (SSSR count). The quantitative estimate of drug-likeness (QED) is 0.864. The maximum absolute atomic E-state index is 12.5. The second kappa shape index (κ2) is 8.65. The summed E-state index contributed by atoms with van der Waals surface area (Å²) >= 11 is 0. The van der Waals surface area contributed by atoms with Gasteiger partial charge in [0.2, 0.25) is 0 Å². The Balaban J connectivity index is 1.63. The number of ether oxygens (including phenoxy) is 1. The molecule has 6 nitrogen and oxygen atoms in total. The van der Waals surface area contributed by atoms with Crippen molar-refractivity contribution >= 4 is 11.7 Å². The summed E-state index contributed by atoms with van der Waals surface area (Å²) in [5.41, 5.74) is 1.50. The van der Waals surface area contributed by atoms with Crippen LogP contribution in [0.25, 0.3) is 0 Å². The average Bonchev–Trinajstić information content (AvgIpc) is 2.68. The fraction of sp³-hybridized carbons (Fsp3) is 0.450. The minimum atomic E-state index is -0.163. The number of hydrogen-bond donors (Lipinski definition) is 1. The Bertz CT molecular complexity index is 757. The van der Waals surface area contributed by atoms with E-state index in [2.05, 4.69) is 20.2 Å². The molecule has 138 valence electrons. The van der Waals surface area contributed by atoms with Crippen LogP contribution in [0.3, 0.4) is 0 Å². The van der Waals surface area contributed by atoms with Crippen molar-refractivity contribution in [2.45, 2.75) is 32.6 Å². The first kappa shape index (κ1) is 18.2. The summed E-state index contributed by atoms with van der Waals surface area (Å²) in [4.78, 5) is 23.6. The van der Waals surface area contributed by atoms with E-state index in [1.807, 2.05) is 31.2 Å². The smallest absolute Gasteiger partial charge is 0.270 e. The van der Waals surface area contributed by atoms with Gasteiger partial charge in [0.15, 0.2) is 0 Å². The molecule has 1 aromatic heterocycles. The zero-order valence-electron chi connectivity index (χ0n) is 15.5. The third kappa shape index (κ3) is 4.50. The molecule has 0 spiro atoms. The van der Waals surface area contributed by atoms with Crippen LogP contribution in [0.15, 0.2) is 30.3 Å². The average molecular weight is 354 g/mol. The molecule has 6 heteroatoms. The molecule has 1 fully saturated rings. The number of nitrogens with zero attached hydrogens (tertiary/aromatic N) is 3. The summed E-state index contributed by atoms with van der Waals surface area (Å²) in [5, 5.41) is 2.95. The van der Waals surface area contributed by atoms with Crippen molar-refractivity contribution < 1.29 is 9.53 Å². The van der Waals surface area contributed by atoms with Gasteiger partial charge in [0, 0.05) is 25.7 Å². The molecule has 1 aliphatic heterocycles. The van der Waals surface area contributed by atoms with Crippen molar-refractivity contribution in [1.82, 2.24) is 15.3 Å². The number of carbonyl (C=O) groups excluding carboxylic acids is 1. The van der Waals surface area contributed by atoms with Crippen LogP contribution in [0.2, 0.25) is 0 Å². The Labute approximate surface area is 154 Å². The van der Waals surface area contributed by atoms with E-state index in [4.69, 9.17) is 4.74 Å². The number of aryl methyl sites for hydroxylation is 1. The Morgan fingerprint density at radius 3 is 2.73 bits per heavy atom. The fourth-order valence-corrected chi connectivity index (χ4v) is 3.26. The first-order valence-corrected chi connectivity index (χ1v) is 9.18. The lowest BCUT2D eigenvalue weighted by Gasteiger charge is -2.28. The summed E-state index contributed by atoms with van der Waals surface area (Å²) in [7, 11) is 1.66. The molecule has 2 aromatic rings. The van der Waals surface area contributed by atoms with Crippen molar-refractivity contribution in [3.8, 4) is 5.75 Å². The minimum absolute atomic E-state index is 0.163. The Hall–Kier alpha value is -2.63. The number of rotatable bonds is 6. The van der Waals surface area contributed by atoms with Crippen LogP contribution in [0.5, 0.6) is 5.75 Å². The lowest BCUT2D eigenvalue weighted by molar-refractivity contribution is 0.0948. The number of carbonyl (C=O) groups is 1. The number of benzene rings is 1. The highest BCUT2D eigenvalue weighted by atomic mass is 16.5. The standard InChI is InChI=1S/C20H26N4O2/c1-15-22-17(14-19(23-15)24-12-6-3-7-13-24)20(25)21-11-10-16-8-4-5-9-18(16)26-2/h4-5,8-9,14H,3,6-7,10-13H2,1-2H3,(H,21,25). The Morgan fingerprint density at radius 1 is 1.19 bits per heavy atom. The van der Waals surface area contributed by atoms with Gasteiger partial charge >= 0.3 is 0 Å². The number of aromatic nitrogens is 2. The molecule has 0 bridgehead atoms. The van der Waals surface area contributed by atoms with Gasteiger partial charge in [-0.05, 0) is 44.2 Å². The number of para-hydroxylation sites is 1. The summed E-state index contributed by atoms with van der Waals surface area (Å²) in [6, 6.07) is 9.64. The van der Waals surface area contributed by atoms with Crippen LogP contribution in [0.4, 0.5) is 5.82 Å². The predicted octanol–water partition coefficient (Wildman–Crippen LogP) is 2.76. The molecule has 26 heavy (non-hydrogen) atoms. The van der Waals surface area contributed by atoms with Crippen molar-refractivity contribution in [2.24, 2.45) is 0 Å². The van der Waals surface area contributed by atoms with Crippen LogP contribution in [0.1, 0.15) is 41.1 Å². The van der Waals surface area contributed by atoms with E-state index >= 15 is 0 Å². The third-order valence-corrected chi connectivity index (χ3v) is 4.61. The second-order valence-corrected chi connectivity index (χ2v) is 6.52. The van der Waals surface area contributed by atoms with Crippen LogP contribution < -0.4 is 15.0 Å². The summed E-state index contributed by atoms with van der Waals surface area (Å²) in [6.45, 7) is 4.34. The van der Waals surface area contributed by atoms with Gasteiger partial charge < -0.3 is 15.0 Å². The second-order valence-electron chi connectivity index (χ2n) is 6.52. The van der Waals surface area contributed by atoms with Crippen molar-refractivity contribution in [2.75, 3.05) is 31.6 Å². The van der Waals surface area contributed by atoms with Gasteiger partial charge in [0.05, 0.1) is 7.11 Å². The molecule has 0 atom stereocenters. The predicted molar refractivity (Wildman–Crippen MR) is 102 cm³/mol. The maximum Gasteiger partial charge on any atom is 0.270 e. The monoisotopic (exact) mass is 354 g/mol.